The highest BCUT2D eigenvalue weighted by Gasteiger charge is 2.07. The molecular weight excluding hydrogens is 224 g/mol. The lowest BCUT2D eigenvalue weighted by Crippen LogP contribution is -2.05. The van der Waals surface area contributed by atoms with Crippen molar-refractivity contribution in [2.45, 2.75) is 6.54 Å². The summed E-state index contributed by atoms with van der Waals surface area (Å²) in [4.78, 5) is 4.36. The Morgan fingerprint density at radius 3 is 2.94 bits per heavy atom. The number of halogens is 1. The average Bonchev–Trinajstić information content (AvgIpc) is 2.30. The minimum Gasteiger partial charge on any atom is -0.496 e. The quantitative estimate of drug-likeness (QED) is 0.890. The number of rotatable bonds is 3. The normalized spacial score (nSPS) is 10.7. The Labute approximate surface area is 99.4 Å². The van der Waals surface area contributed by atoms with Crippen molar-refractivity contribution >= 4 is 22.5 Å². The van der Waals surface area contributed by atoms with E-state index in [1.165, 1.54) is 0 Å². The maximum absolute atomic E-state index is 6.08. The molecule has 1 heterocycles. The Balaban J connectivity index is 2.64. The molecule has 0 saturated heterocycles. The highest BCUT2D eigenvalue weighted by molar-refractivity contribution is 6.35. The maximum atomic E-state index is 6.08. The van der Waals surface area contributed by atoms with E-state index in [2.05, 4.69) is 10.3 Å². The number of methoxy groups -OCH3 is 1. The van der Waals surface area contributed by atoms with Gasteiger partial charge in [-0.05, 0) is 30.8 Å². The number of nitrogens with one attached hydrogen (secondary N) is 1. The van der Waals surface area contributed by atoms with Gasteiger partial charge in [0.2, 0.25) is 0 Å². The lowest BCUT2D eigenvalue weighted by molar-refractivity contribution is 0.419. The van der Waals surface area contributed by atoms with Crippen molar-refractivity contribution in [1.29, 1.82) is 0 Å². The van der Waals surface area contributed by atoms with Gasteiger partial charge in [-0.2, -0.15) is 0 Å². The molecule has 0 aliphatic heterocycles. The van der Waals surface area contributed by atoms with Crippen LogP contribution in [0.4, 0.5) is 0 Å². The minimum absolute atomic E-state index is 0.645. The van der Waals surface area contributed by atoms with Gasteiger partial charge in [-0.1, -0.05) is 11.6 Å². The molecule has 2 rings (SSSR count). The molecule has 0 unspecified atom stereocenters. The molecule has 0 amide bonds. The van der Waals surface area contributed by atoms with Gasteiger partial charge in [-0.25, -0.2) is 0 Å². The topological polar surface area (TPSA) is 34.2 Å². The number of hydrogen-bond donors (Lipinski definition) is 1. The fourth-order valence-electron chi connectivity index (χ4n) is 1.68. The molecule has 4 heteroatoms. The fraction of sp³-hybridized carbons (Fsp3) is 0.250. The zero-order valence-corrected chi connectivity index (χ0v) is 10.0. The van der Waals surface area contributed by atoms with Crippen LogP contribution in [0.15, 0.2) is 24.4 Å². The molecule has 0 atom stereocenters. The summed E-state index contributed by atoms with van der Waals surface area (Å²) < 4.78 is 5.30. The number of aromatic nitrogens is 1. The van der Waals surface area contributed by atoms with E-state index in [0.717, 1.165) is 28.8 Å². The highest BCUT2D eigenvalue weighted by Crippen LogP contribution is 2.30. The molecule has 16 heavy (non-hydrogen) atoms. The zero-order valence-electron chi connectivity index (χ0n) is 9.25. The second-order valence-corrected chi connectivity index (χ2v) is 3.93. The first-order chi connectivity index (χ1) is 7.76. The van der Waals surface area contributed by atoms with Crippen molar-refractivity contribution in [2.24, 2.45) is 0 Å². The molecule has 1 aromatic heterocycles. The Bertz CT molecular complexity index is 514. The van der Waals surface area contributed by atoms with Gasteiger partial charge in [0, 0.05) is 18.1 Å². The highest BCUT2D eigenvalue weighted by atomic mass is 35.5. The Hall–Kier alpha value is -1.32. The van der Waals surface area contributed by atoms with Gasteiger partial charge in [-0.15, -0.1) is 0 Å². The predicted molar refractivity (Wildman–Crippen MR) is 66.1 cm³/mol. The first-order valence-corrected chi connectivity index (χ1v) is 5.39. The number of pyridine rings is 1. The third kappa shape index (κ3) is 1.96. The molecule has 3 nitrogen and oxygen atoms in total. The summed E-state index contributed by atoms with van der Waals surface area (Å²) in [5.41, 5.74) is 1.89. The van der Waals surface area contributed by atoms with Gasteiger partial charge in [0.15, 0.2) is 0 Å². The third-order valence-electron chi connectivity index (χ3n) is 2.42. The van der Waals surface area contributed by atoms with E-state index in [-0.39, 0.29) is 0 Å². The number of hydrogen-bond acceptors (Lipinski definition) is 3. The molecule has 0 saturated carbocycles. The van der Waals surface area contributed by atoms with Crippen LogP contribution in [0.25, 0.3) is 10.9 Å². The maximum Gasteiger partial charge on any atom is 0.128 e. The van der Waals surface area contributed by atoms with E-state index >= 15 is 0 Å². The average molecular weight is 237 g/mol. The van der Waals surface area contributed by atoms with Crippen LogP contribution in [0.5, 0.6) is 5.75 Å². The fourth-order valence-corrected chi connectivity index (χ4v) is 1.90. The van der Waals surface area contributed by atoms with Gasteiger partial charge in [0.1, 0.15) is 5.75 Å². The number of ether oxygens (including phenoxy) is 1. The van der Waals surface area contributed by atoms with Gasteiger partial charge in [0.25, 0.3) is 0 Å². The largest absolute Gasteiger partial charge is 0.496 e. The van der Waals surface area contributed by atoms with E-state index in [1.807, 2.05) is 25.4 Å². The summed E-state index contributed by atoms with van der Waals surface area (Å²) in [5, 5.41) is 4.68. The van der Waals surface area contributed by atoms with E-state index in [1.54, 1.807) is 13.2 Å². The van der Waals surface area contributed by atoms with Crippen LogP contribution in [0.3, 0.4) is 0 Å². The summed E-state index contributed by atoms with van der Waals surface area (Å²) in [6.45, 7) is 0.776. The summed E-state index contributed by atoms with van der Waals surface area (Å²) in [5.74, 6) is 0.796. The SMILES string of the molecule is CNCc1cnc2c(Cl)ccc(OC)c2c1. The molecule has 0 aliphatic rings. The molecule has 84 valence electrons. The molecule has 0 aliphatic carbocycles. The van der Waals surface area contributed by atoms with Crippen LogP contribution in [0.1, 0.15) is 5.56 Å². The molecule has 2 aromatic rings. The first-order valence-electron chi connectivity index (χ1n) is 5.02. The van der Waals surface area contributed by atoms with Gasteiger partial charge < -0.3 is 10.1 Å². The summed E-state index contributed by atoms with van der Waals surface area (Å²) in [7, 11) is 3.55. The van der Waals surface area contributed by atoms with Gasteiger partial charge in [0.05, 0.1) is 17.6 Å². The van der Waals surface area contributed by atoms with E-state index in [9.17, 15) is 0 Å². The summed E-state index contributed by atoms with van der Waals surface area (Å²) >= 11 is 6.08. The van der Waals surface area contributed by atoms with Gasteiger partial charge in [-0.3, -0.25) is 4.98 Å². The third-order valence-corrected chi connectivity index (χ3v) is 2.72. The van der Waals surface area contributed by atoms with Crippen molar-refractivity contribution in [3.05, 3.63) is 35.0 Å². The van der Waals surface area contributed by atoms with Crippen LogP contribution in [-0.2, 0) is 6.54 Å². The Morgan fingerprint density at radius 2 is 2.25 bits per heavy atom. The molecule has 1 N–H and O–H groups in total. The lowest BCUT2D eigenvalue weighted by atomic mass is 10.1. The monoisotopic (exact) mass is 236 g/mol. The van der Waals surface area contributed by atoms with E-state index in [0.29, 0.717) is 5.02 Å². The van der Waals surface area contributed by atoms with Crippen molar-refractivity contribution in [3.63, 3.8) is 0 Å². The Kier molecular flexibility index (Phi) is 3.27. The predicted octanol–water partition coefficient (Wildman–Crippen LogP) is 2.62. The van der Waals surface area contributed by atoms with Crippen molar-refractivity contribution < 1.29 is 4.74 Å². The second-order valence-electron chi connectivity index (χ2n) is 3.52. The molecule has 1 aromatic carbocycles. The molecule has 0 bridgehead atoms. The molecule has 0 spiro atoms. The Morgan fingerprint density at radius 1 is 1.44 bits per heavy atom. The summed E-state index contributed by atoms with van der Waals surface area (Å²) in [6.07, 6.45) is 1.82. The molecular formula is C12H13ClN2O. The van der Waals surface area contributed by atoms with Crippen LogP contribution in [0, 0.1) is 0 Å². The molecule has 0 radical (unpaired) electrons. The number of fused-ring (bicyclic) bond motifs is 1. The standard InChI is InChI=1S/C12H13ClN2O/c1-14-6-8-5-9-11(16-2)4-3-10(13)12(9)15-7-8/h3-5,7,14H,6H2,1-2H3. The number of benzene rings is 1. The van der Waals surface area contributed by atoms with E-state index in [4.69, 9.17) is 16.3 Å². The smallest absolute Gasteiger partial charge is 0.128 e. The van der Waals surface area contributed by atoms with Crippen molar-refractivity contribution in [1.82, 2.24) is 10.3 Å². The number of nitrogens with zero attached hydrogens (tertiary/aromatic N) is 1. The van der Waals surface area contributed by atoms with Crippen LogP contribution in [-0.4, -0.2) is 19.1 Å². The van der Waals surface area contributed by atoms with Crippen LogP contribution >= 0.6 is 11.6 Å². The van der Waals surface area contributed by atoms with Crippen LogP contribution < -0.4 is 10.1 Å². The van der Waals surface area contributed by atoms with Crippen molar-refractivity contribution in [3.8, 4) is 5.75 Å². The second kappa shape index (κ2) is 4.68. The van der Waals surface area contributed by atoms with Crippen LogP contribution in [0.2, 0.25) is 5.02 Å². The van der Waals surface area contributed by atoms with Gasteiger partial charge >= 0.3 is 0 Å². The first kappa shape index (κ1) is 11.2. The zero-order chi connectivity index (χ0) is 11.5. The minimum atomic E-state index is 0.645. The lowest BCUT2D eigenvalue weighted by Gasteiger charge is -2.08. The van der Waals surface area contributed by atoms with E-state index < -0.39 is 0 Å². The molecule has 0 fully saturated rings. The van der Waals surface area contributed by atoms with Crippen molar-refractivity contribution in [2.75, 3.05) is 14.2 Å². The summed E-state index contributed by atoms with van der Waals surface area (Å²) in [6, 6.07) is 5.70.